The fourth-order valence-electron chi connectivity index (χ4n) is 3.07. The number of ether oxygens (including phenoxy) is 1. The van der Waals surface area contributed by atoms with Crippen LogP contribution in [0.2, 0.25) is 0 Å². The molecule has 5 aromatic rings. The molecule has 0 radical (unpaired) electrons. The zero-order valence-electron chi connectivity index (χ0n) is 15.9. The van der Waals surface area contributed by atoms with Crippen molar-refractivity contribution in [3.63, 3.8) is 0 Å². The Morgan fingerprint density at radius 1 is 1.27 bits per heavy atom. The molecule has 1 N–H and O–H groups in total. The quantitative estimate of drug-likeness (QED) is 0.435. The molecule has 150 valence electrons. The number of thiazole rings is 1. The second kappa shape index (κ2) is 7.60. The van der Waals surface area contributed by atoms with Gasteiger partial charge >= 0.3 is 0 Å². The minimum Gasteiger partial charge on any atom is -0.464 e. The Balaban J connectivity index is 1.27. The lowest BCUT2D eigenvalue weighted by molar-refractivity contribution is -0.120. The van der Waals surface area contributed by atoms with Crippen LogP contribution >= 0.6 is 11.3 Å². The Morgan fingerprint density at radius 3 is 3.03 bits per heavy atom. The Kier molecular flexibility index (Phi) is 4.64. The van der Waals surface area contributed by atoms with Gasteiger partial charge in [-0.05, 0) is 31.2 Å². The number of aryl methyl sites for hydroxylation is 1. The van der Waals surface area contributed by atoms with Crippen LogP contribution in [0.1, 0.15) is 17.0 Å². The topological polar surface area (TPSA) is 103 Å². The summed E-state index contributed by atoms with van der Waals surface area (Å²) in [6.45, 7) is 2.16. The number of hydrogen-bond acceptors (Lipinski definition) is 8. The first kappa shape index (κ1) is 18.3. The predicted octanol–water partition coefficient (Wildman–Crippen LogP) is 4.39. The van der Waals surface area contributed by atoms with Gasteiger partial charge in [0.1, 0.15) is 17.1 Å². The third kappa shape index (κ3) is 3.74. The average molecular weight is 420 g/mol. The smallest absolute Gasteiger partial charge is 0.281 e. The highest BCUT2D eigenvalue weighted by molar-refractivity contribution is 7.20. The fraction of sp³-hybridized carbons (Fsp3) is 0.143. The van der Waals surface area contributed by atoms with Crippen molar-refractivity contribution in [2.75, 3.05) is 0 Å². The molecular weight excluding hydrogens is 404 g/mol. The maximum Gasteiger partial charge on any atom is 0.281 e. The van der Waals surface area contributed by atoms with Gasteiger partial charge in [-0.25, -0.2) is 4.98 Å². The number of fused-ring (bicyclic) bond motifs is 2. The summed E-state index contributed by atoms with van der Waals surface area (Å²) in [5.74, 6) is 1.01. The van der Waals surface area contributed by atoms with Crippen molar-refractivity contribution in [2.45, 2.75) is 19.9 Å². The van der Waals surface area contributed by atoms with Gasteiger partial charge in [0.05, 0.1) is 23.1 Å². The molecule has 0 fully saturated rings. The van der Waals surface area contributed by atoms with E-state index in [0.717, 1.165) is 21.3 Å². The second-order valence-electron chi connectivity index (χ2n) is 6.71. The molecule has 0 aliphatic heterocycles. The van der Waals surface area contributed by atoms with E-state index in [1.165, 1.54) is 11.3 Å². The molecule has 0 saturated carbocycles. The summed E-state index contributed by atoms with van der Waals surface area (Å²) in [7, 11) is 0. The van der Waals surface area contributed by atoms with E-state index in [1.807, 2.05) is 31.2 Å². The van der Waals surface area contributed by atoms with Gasteiger partial charge in [-0.2, -0.15) is 4.98 Å². The number of amides is 1. The van der Waals surface area contributed by atoms with Crippen molar-refractivity contribution in [2.24, 2.45) is 0 Å². The molecule has 5 rings (SSSR count). The van der Waals surface area contributed by atoms with Gasteiger partial charge in [-0.3, -0.25) is 4.79 Å². The van der Waals surface area contributed by atoms with E-state index in [4.69, 9.17) is 13.7 Å². The molecule has 9 heteroatoms. The number of aromatic nitrogens is 3. The lowest BCUT2D eigenvalue weighted by atomic mass is 10.1. The highest BCUT2D eigenvalue weighted by Gasteiger charge is 2.12. The number of nitrogens with one attached hydrogen (secondary N) is 1. The molecule has 0 saturated heterocycles. The third-order valence-electron chi connectivity index (χ3n) is 4.47. The molecule has 0 unspecified atom stereocenters. The highest BCUT2D eigenvalue weighted by atomic mass is 32.1. The number of nitrogens with zero attached hydrogens (tertiary/aromatic N) is 3. The SMILES string of the molecule is Cc1cc(CC(=O)NCc2coc3cc(Oc4nc5ncccc5s4)ccc23)on1. The number of carbonyl (C=O) groups is 1. The van der Waals surface area contributed by atoms with E-state index in [0.29, 0.717) is 34.5 Å². The van der Waals surface area contributed by atoms with E-state index in [2.05, 4.69) is 20.4 Å². The highest BCUT2D eigenvalue weighted by Crippen LogP contribution is 2.32. The van der Waals surface area contributed by atoms with Crippen LogP contribution in [0.4, 0.5) is 0 Å². The van der Waals surface area contributed by atoms with Crippen molar-refractivity contribution >= 4 is 38.6 Å². The predicted molar refractivity (Wildman–Crippen MR) is 110 cm³/mol. The third-order valence-corrected chi connectivity index (χ3v) is 5.35. The summed E-state index contributed by atoms with van der Waals surface area (Å²) in [6.07, 6.45) is 3.48. The van der Waals surface area contributed by atoms with Gasteiger partial charge < -0.3 is 19.0 Å². The maximum absolute atomic E-state index is 12.1. The zero-order chi connectivity index (χ0) is 20.5. The van der Waals surface area contributed by atoms with E-state index < -0.39 is 0 Å². The van der Waals surface area contributed by atoms with E-state index in [1.54, 1.807) is 24.6 Å². The number of benzene rings is 1. The summed E-state index contributed by atoms with van der Waals surface area (Å²) in [6, 6.07) is 11.1. The number of furan rings is 1. The summed E-state index contributed by atoms with van der Waals surface area (Å²) in [5.41, 5.74) is 2.96. The lowest BCUT2D eigenvalue weighted by Crippen LogP contribution is -2.24. The van der Waals surface area contributed by atoms with Crippen LogP contribution in [0.15, 0.2) is 57.8 Å². The molecule has 4 heterocycles. The average Bonchev–Trinajstić information content (AvgIpc) is 3.44. The lowest BCUT2D eigenvalue weighted by Gasteiger charge is -2.03. The van der Waals surface area contributed by atoms with E-state index in [-0.39, 0.29) is 12.3 Å². The minimum absolute atomic E-state index is 0.144. The Labute approximate surface area is 174 Å². The van der Waals surface area contributed by atoms with Gasteiger partial charge in [-0.15, -0.1) is 0 Å². The molecule has 8 nitrogen and oxygen atoms in total. The molecular formula is C21H16N4O4S. The molecule has 4 aromatic heterocycles. The van der Waals surface area contributed by atoms with Crippen LogP contribution < -0.4 is 10.1 Å². The van der Waals surface area contributed by atoms with Crippen molar-refractivity contribution in [3.05, 3.63) is 65.9 Å². The summed E-state index contributed by atoms with van der Waals surface area (Å²) < 4.78 is 17.6. The van der Waals surface area contributed by atoms with Gasteiger partial charge in [0, 0.05) is 35.8 Å². The monoisotopic (exact) mass is 420 g/mol. The van der Waals surface area contributed by atoms with Crippen LogP contribution in [-0.4, -0.2) is 21.0 Å². The standard InChI is InChI=1S/C21H16N4O4S/c1-12-7-15(29-25-12)9-19(26)23-10-13-11-27-17-8-14(4-5-16(13)17)28-21-24-20-18(30-21)3-2-6-22-20/h2-8,11H,9-10H2,1H3,(H,23,26). The number of pyridine rings is 1. The summed E-state index contributed by atoms with van der Waals surface area (Å²) >= 11 is 1.43. The van der Waals surface area contributed by atoms with Gasteiger partial charge in [0.2, 0.25) is 5.91 Å². The normalized spacial score (nSPS) is 11.2. The Hall–Kier alpha value is -3.72. The van der Waals surface area contributed by atoms with Crippen LogP contribution in [0.5, 0.6) is 10.9 Å². The van der Waals surface area contributed by atoms with E-state index in [9.17, 15) is 4.79 Å². The fourth-order valence-corrected chi connectivity index (χ4v) is 3.87. The molecule has 1 amide bonds. The van der Waals surface area contributed by atoms with Crippen LogP contribution in [0.25, 0.3) is 21.3 Å². The molecule has 0 aliphatic carbocycles. The first-order chi connectivity index (χ1) is 14.6. The minimum atomic E-state index is -0.148. The molecule has 0 aliphatic rings. The molecule has 0 bridgehead atoms. The number of hydrogen-bond donors (Lipinski definition) is 1. The van der Waals surface area contributed by atoms with E-state index >= 15 is 0 Å². The molecule has 0 spiro atoms. The molecule has 1 aromatic carbocycles. The van der Waals surface area contributed by atoms with Crippen molar-refractivity contribution in [1.82, 2.24) is 20.4 Å². The first-order valence-electron chi connectivity index (χ1n) is 9.22. The van der Waals surface area contributed by atoms with Gasteiger partial charge in [0.15, 0.2) is 5.65 Å². The van der Waals surface area contributed by atoms with Crippen molar-refractivity contribution in [1.29, 1.82) is 0 Å². The first-order valence-corrected chi connectivity index (χ1v) is 10.0. The maximum atomic E-state index is 12.1. The van der Waals surface area contributed by atoms with Gasteiger partial charge in [-0.1, -0.05) is 16.5 Å². The summed E-state index contributed by atoms with van der Waals surface area (Å²) in [4.78, 5) is 20.7. The largest absolute Gasteiger partial charge is 0.464 e. The van der Waals surface area contributed by atoms with Gasteiger partial charge in [0.25, 0.3) is 5.19 Å². The van der Waals surface area contributed by atoms with Crippen molar-refractivity contribution in [3.8, 4) is 10.9 Å². The Morgan fingerprint density at radius 2 is 2.20 bits per heavy atom. The Bertz CT molecular complexity index is 1320. The number of rotatable bonds is 6. The zero-order valence-corrected chi connectivity index (χ0v) is 16.7. The molecule has 0 atom stereocenters. The number of carbonyl (C=O) groups excluding carboxylic acids is 1. The second-order valence-corrected chi connectivity index (χ2v) is 7.71. The van der Waals surface area contributed by atoms with Crippen LogP contribution in [0, 0.1) is 6.92 Å². The van der Waals surface area contributed by atoms with Crippen LogP contribution in [-0.2, 0) is 17.8 Å². The van der Waals surface area contributed by atoms with Crippen molar-refractivity contribution < 1.29 is 18.5 Å². The molecule has 30 heavy (non-hydrogen) atoms. The summed E-state index contributed by atoms with van der Waals surface area (Å²) in [5, 5.41) is 8.08. The van der Waals surface area contributed by atoms with Crippen LogP contribution in [0.3, 0.4) is 0 Å².